The molecule has 0 spiro atoms. The van der Waals surface area contributed by atoms with E-state index in [0.717, 1.165) is 38.3 Å². The minimum absolute atomic E-state index is 0.757. The number of ether oxygens (including phenoxy) is 1. The fourth-order valence-corrected chi connectivity index (χ4v) is 3.41. The first-order valence-electron chi connectivity index (χ1n) is 9.04. The van der Waals surface area contributed by atoms with Gasteiger partial charge in [0.1, 0.15) is 5.75 Å². The number of nitrogens with zero attached hydrogens (tertiary/aromatic N) is 1. The van der Waals surface area contributed by atoms with Gasteiger partial charge in [0.25, 0.3) is 0 Å². The van der Waals surface area contributed by atoms with E-state index in [1.54, 1.807) is 11.9 Å². The molecule has 138 valence electrons. The molecule has 0 fully saturated rings. The Kier molecular flexibility index (Phi) is 7.00. The zero-order valence-corrected chi connectivity index (χ0v) is 16.3. The number of hydrogen-bond acceptors (Lipinski definition) is 4. The predicted octanol–water partition coefficient (Wildman–Crippen LogP) is 4.34. The van der Waals surface area contributed by atoms with Crippen LogP contribution in [0, 0.1) is 0 Å². The highest BCUT2D eigenvalue weighted by Crippen LogP contribution is 2.20. The molecule has 3 rings (SSSR count). The maximum Gasteiger partial charge on any atom is 0.119 e. The van der Waals surface area contributed by atoms with Crippen molar-refractivity contribution >= 4 is 22.9 Å². The summed E-state index contributed by atoms with van der Waals surface area (Å²) in [6.45, 7) is 2.72. The number of rotatable bonds is 10. The van der Waals surface area contributed by atoms with Gasteiger partial charge in [-0.15, -0.1) is 0 Å². The molecule has 1 heterocycles. The summed E-state index contributed by atoms with van der Waals surface area (Å²) < 4.78 is 9.19. The van der Waals surface area contributed by atoms with E-state index < -0.39 is 0 Å². The van der Waals surface area contributed by atoms with Crippen molar-refractivity contribution in [2.24, 2.45) is 0 Å². The van der Waals surface area contributed by atoms with Gasteiger partial charge in [-0.3, -0.25) is 4.72 Å². The fraction of sp³-hybridized carbons (Fsp3) is 0.333. The lowest BCUT2D eigenvalue weighted by atomic mass is 10.2. The molecule has 0 amide bonds. The Balaban J connectivity index is 1.36. The number of fused-ring (bicyclic) bond motifs is 1. The molecular weight excluding hydrogens is 342 g/mol. The number of nitrogens with one attached hydrogen (secondary N) is 2. The second kappa shape index (κ2) is 9.67. The minimum Gasteiger partial charge on any atom is -0.494 e. The first-order chi connectivity index (χ1) is 12.7. The molecule has 1 aromatic heterocycles. The molecule has 4 nitrogen and oxygen atoms in total. The SMILES string of the molecule is CN(C)CCCOc1ccc(SNCCc2cc3ccccc3[nH]2)cc1. The molecule has 2 N–H and O–H groups in total. The smallest absolute Gasteiger partial charge is 0.119 e. The monoisotopic (exact) mass is 369 g/mol. The van der Waals surface area contributed by atoms with Crippen LogP contribution < -0.4 is 9.46 Å². The van der Waals surface area contributed by atoms with Gasteiger partial charge in [-0.25, -0.2) is 0 Å². The van der Waals surface area contributed by atoms with E-state index in [0.29, 0.717) is 0 Å². The van der Waals surface area contributed by atoms with Crippen molar-refractivity contribution in [3.63, 3.8) is 0 Å². The molecule has 0 saturated heterocycles. The van der Waals surface area contributed by atoms with Crippen LogP contribution in [0.5, 0.6) is 5.75 Å². The van der Waals surface area contributed by atoms with Crippen LogP contribution in [-0.2, 0) is 6.42 Å². The highest BCUT2D eigenvalue weighted by molar-refractivity contribution is 7.97. The summed E-state index contributed by atoms with van der Waals surface area (Å²) >= 11 is 1.66. The summed E-state index contributed by atoms with van der Waals surface area (Å²) in [5, 5.41) is 1.27. The van der Waals surface area contributed by atoms with Crippen LogP contribution in [0.3, 0.4) is 0 Å². The molecule has 0 atom stereocenters. The zero-order chi connectivity index (χ0) is 18.2. The summed E-state index contributed by atoms with van der Waals surface area (Å²) in [6.07, 6.45) is 2.02. The molecule has 0 aliphatic carbocycles. The molecule has 5 heteroatoms. The van der Waals surface area contributed by atoms with Crippen LogP contribution >= 0.6 is 11.9 Å². The zero-order valence-electron chi connectivity index (χ0n) is 15.5. The van der Waals surface area contributed by atoms with Gasteiger partial charge in [0.15, 0.2) is 0 Å². The van der Waals surface area contributed by atoms with Crippen LogP contribution in [0.2, 0.25) is 0 Å². The van der Waals surface area contributed by atoms with E-state index in [1.807, 2.05) is 12.1 Å². The van der Waals surface area contributed by atoms with Gasteiger partial charge in [0.05, 0.1) is 6.61 Å². The molecule has 2 aromatic carbocycles. The Labute approximate surface area is 160 Å². The molecule has 3 aromatic rings. The Morgan fingerprint density at radius 2 is 1.88 bits per heavy atom. The number of hydrogen-bond donors (Lipinski definition) is 2. The molecule has 0 aliphatic heterocycles. The number of H-pyrrole nitrogens is 1. The van der Waals surface area contributed by atoms with Crippen molar-refractivity contribution in [3.8, 4) is 5.75 Å². The third-order valence-corrected chi connectivity index (χ3v) is 4.97. The molecule has 0 bridgehead atoms. The van der Waals surface area contributed by atoms with E-state index in [1.165, 1.54) is 21.5 Å². The standard InChI is InChI=1S/C21H27N3OS/c1-24(2)14-5-15-25-19-8-10-20(11-9-19)26-22-13-12-18-16-17-6-3-4-7-21(17)23-18/h3-4,6-11,16,22-23H,5,12-15H2,1-2H3. The van der Waals surface area contributed by atoms with Gasteiger partial charge in [-0.05, 0) is 74.2 Å². The molecule has 0 aliphatic rings. The van der Waals surface area contributed by atoms with E-state index in [9.17, 15) is 0 Å². The van der Waals surface area contributed by atoms with Crippen molar-refractivity contribution in [3.05, 3.63) is 60.3 Å². The Hall–Kier alpha value is -1.95. The number of benzene rings is 2. The average Bonchev–Trinajstić information content (AvgIpc) is 3.06. The van der Waals surface area contributed by atoms with Crippen molar-refractivity contribution in [2.75, 3.05) is 33.8 Å². The van der Waals surface area contributed by atoms with Gasteiger partial charge in [-0.2, -0.15) is 0 Å². The fourth-order valence-electron chi connectivity index (χ4n) is 2.76. The van der Waals surface area contributed by atoms with Gasteiger partial charge in [0.2, 0.25) is 0 Å². The predicted molar refractivity (Wildman–Crippen MR) is 111 cm³/mol. The van der Waals surface area contributed by atoms with Gasteiger partial charge >= 0.3 is 0 Å². The Bertz CT molecular complexity index is 765. The summed E-state index contributed by atoms with van der Waals surface area (Å²) in [5.41, 5.74) is 2.47. The maximum atomic E-state index is 5.76. The summed E-state index contributed by atoms with van der Waals surface area (Å²) in [7, 11) is 4.16. The molecular formula is C21H27N3OS. The van der Waals surface area contributed by atoms with E-state index in [4.69, 9.17) is 4.74 Å². The van der Waals surface area contributed by atoms with Crippen molar-refractivity contribution in [2.45, 2.75) is 17.7 Å². The van der Waals surface area contributed by atoms with E-state index >= 15 is 0 Å². The first kappa shape index (κ1) is 18.8. The third kappa shape index (κ3) is 5.80. The lowest BCUT2D eigenvalue weighted by Crippen LogP contribution is -2.15. The topological polar surface area (TPSA) is 40.3 Å². The van der Waals surface area contributed by atoms with Gasteiger partial charge in [-0.1, -0.05) is 18.2 Å². The van der Waals surface area contributed by atoms with Crippen LogP contribution in [0.15, 0.2) is 59.5 Å². The van der Waals surface area contributed by atoms with Gasteiger partial charge < -0.3 is 14.6 Å². The number of para-hydroxylation sites is 1. The third-order valence-electron chi connectivity index (χ3n) is 4.11. The lowest BCUT2D eigenvalue weighted by Gasteiger charge is -2.10. The summed E-state index contributed by atoms with van der Waals surface area (Å²) in [5.74, 6) is 0.936. The highest BCUT2D eigenvalue weighted by atomic mass is 32.2. The summed E-state index contributed by atoms with van der Waals surface area (Å²) in [6, 6.07) is 18.9. The molecule has 26 heavy (non-hydrogen) atoms. The largest absolute Gasteiger partial charge is 0.494 e. The molecule has 0 radical (unpaired) electrons. The number of aromatic nitrogens is 1. The Morgan fingerprint density at radius 3 is 2.65 bits per heavy atom. The number of aromatic amines is 1. The van der Waals surface area contributed by atoms with Crippen molar-refractivity contribution in [1.82, 2.24) is 14.6 Å². The van der Waals surface area contributed by atoms with Crippen LogP contribution in [0.1, 0.15) is 12.1 Å². The molecule has 0 saturated carbocycles. The second-order valence-electron chi connectivity index (χ2n) is 6.60. The van der Waals surface area contributed by atoms with Crippen LogP contribution in [-0.4, -0.2) is 43.7 Å². The summed E-state index contributed by atoms with van der Waals surface area (Å²) in [4.78, 5) is 6.83. The van der Waals surface area contributed by atoms with Crippen molar-refractivity contribution in [1.29, 1.82) is 0 Å². The molecule has 0 unspecified atom stereocenters. The normalized spacial score (nSPS) is 11.3. The lowest BCUT2D eigenvalue weighted by molar-refractivity contribution is 0.281. The van der Waals surface area contributed by atoms with Crippen LogP contribution in [0.4, 0.5) is 0 Å². The average molecular weight is 370 g/mol. The Morgan fingerprint density at radius 1 is 1.08 bits per heavy atom. The quantitative estimate of drug-likeness (QED) is 0.412. The highest BCUT2D eigenvalue weighted by Gasteiger charge is 2.01. The first-order valence-corrected chi connectivity index (χ1v) is 9.86. The van der Waals surface area contributed by atoms with Crippen LogP contribution in [0.25, 0.3) is 10.9 Å². The van der Waals surface area contributed by atoms with E-state index in [-0.39, 0.29) is 0 Å². The maximum absolute atomic E-state index is 5.76. The van der Waals surface area contributed by atoms with Crippen molar-refractivity contribution < 1.29 is 4.74 Å². The second-order valence-corrected chi connectivity index (χ2v) is 7.57. The van der Waals surface area contributed by atoms with Gasteiger partial charge in [0, 0.05) is 35.6 Å². The minimum atomic E-state index is 0.757. The van der Waals surface area contributed by atoms with E-state index in [2.05, 4.69) is 71.2 Å².